The lowest BCUT2D eigenvalue weighted by Gasteiger charge is -2.20. The predicted molar refractivity (Wildman–Crippen MR) is 63.4 cm³/mol. The summed E-state index contributed by atoms with van der Waals surface area (Å²) in [5, 5.41) is 3.19. The number of nitrogens with one attached hydrogen (secondary N) is 1. The third-order valence-corrected chi connectivity index (χ3v) is 3.62. The van der Waals surface area contributed by atoms with E-state index in [0.717, 1.165) is 37.2 Å². The highest BCUT2D eigenvalue weighted by Gasteiger charge is 2.31. The van der Waals surface area contributed by atoms with Crippen molar-refractivity contribution in [3.63, 3.8) is 0 Å². The van der Waals surface area contributed by atoms with E-state index in [9.17, 15) is 9.18 Å². The molecule has 2 aliphatic rings. The highest BCUT2D eigenvalue weighted by atomic mass is 19.1. The van der Waals surface area contributed by atoms with Crippen molar-refractivity contribution < 1.29 is 9.18 Å². The molecule has 90 valence electrons. The van der Waals surface area contributed by atoms with Crippen LogP contribution in [0.1, 0.15) is 12.0 Å². The van der Waals surface area contributed by atoms with E-state index >= 15 is 0 Å². The number of carbonyl (C=O) groups excluding carboxylic acids is 1. The number of fused-ring (bicyclic) bond motifs is 1. The van der Waals surface area contributed by atoms with Gasteiger partial charge in [0, 0.05) is 18.8 Å². The second kappa shape index (κ2) is 4.11. The number of hydrogen-bond acceptors (Lipinski definition) is 2. The standard InChI is InChI=1S/C13H15FN2O/c14-11-2-1-9-4-6-16(12(9)7-11)13(17)10-3-5-15-8-10/h1-2,7,10,15H,3-6,8H2. The second-order valence-corrected chi connectivity index (χ2v) is 4.70. The maximum atomic E-state index is 13.2. The van der Waals surface area contributed by atoms with Crippen molar-refractivity contribution >= 4 is 11.6 Å². The first-order valence-corrected chi connectivity index (χ1v) is 6.06. The Bertz CT molecular complexity index is 455. The number of rotatable bonds is 1. The van der Waals surface area contributed by atoms with Crippen LogP contribution in [0.15, 0.2) is 18.2 Å². The van der Waals surface area contributed by atoms with Gasteiger partial charge in [-0.1, -0.05) is 6.07 Å². The smallest absolute Gasteiger partial charge is 0.231 e. The SMILES string of the molecule is O=C(C1CCNC1)N1CCc2ccc(F)cc21. The van der Waals surface area contributed by atoms with Crippen molar-refractivity contribution in [2.75, 3.05) is 24.5 Å². The van der Waals surface area contributed by atoms with Crippen molar-refractivity contribution in [1.29, 1.82) is 0 Å². The van der Waals surface area contributed by atoms with Crippen molar-refractivity contribution in [1.82, 2.24) is 5.32 Å². The number of amides is 1. The Kier molecular flexibility index (Phi) is 2.59. The minimum Gasteiger partial charge on any atom is -0.316 e. The van der Waals surface area contributed by atoms with Gasteiger partial charge in [-0.2, -0.15) is 0 Å². The van der Waals surface area contributed by atoms with Crippen LogP contribution in [0.5, 0.6) is 0 Å². The molecule has 1 aromatic carbocycles. The van der Waals surface area contributed by atoms with Gasteiger partial charge in [0.25, 0.3) is 0 Å². The first-order chi connectivity index (χ1) is 8.25. The fraction of sp³-hybridized carbons (Fsp3) is 0.462. The van der Waals surface area contributed by atoms with E-state index in [2.05, 4.69) is 5.32 Å². The molecular formula is C13H15FN2O. The summed E-state index contributed by atoms with van der Waals surface area (Å²) >= 11 is 0. The van der Waals surface area contributed by atoms with Crippen molar-refractivity contribution in [2.24, 2.45) is 5.92 Å². The van der Waals surface area contributed by atoms with E-state index in [1.165, 1.54) is 12.1 Å². The van der Waals surface area contributed by atoms with Crippen LogP contribution in [0, 0.1) is 11.7 Å². The Balaban J connectivity index is 1.87. The Morgan fingerprint density at radius 1 is 1.47 bits per heavy atom. The highest BCUT2D eigenvalue weighted by molar-refractivity contribution is 5.97. The van der Waals surface area contributed by atoms with Gasteiger partial charge in [-0.15, -0.1) is 0 Å². The fourth-order valence-electron chi connectivity index (χ4n) is 2.67. The van der Waals surface area contributed by atoms with E-state index < -0.39 is 0 Å². The Morgan fingerprint density at radius 2 is 2.35 bits per heavy atom. The zero-order valence-electron chi connectivity index (χ0n) is 9.58. The summed E-state index contributed by atoms with van der Waals surface area (Å²) in [5.74, 6) is -0.0726. The molecule has 1 amide bonds. The summed E-state index contributed by atoms with van der Waals surface area (Å²) in [4.78, 5) is 14.0. The van der Waals surface area contributed by atoms with Gasteiger partial charge >= 0.3 is 0 Å². The van der Waals surface area contributed by atoms with E-state index in [4.69, 9.17) is 0 Å². The molecule has 0 spiro atoms. The number of anilines is 1. The number of benzene rings is 1. The Labute approximate surface area is 99.6 Å². The summed E-state index contributed by atoms with van der Waals surface area (Å²) < 4.78 is 13.2. The van der Waals surface area contributed by atoms with Crippen LogP contribution in [-0.4, -0.2) is 25.5 Å². The zero-order chi connectivity index (χ0) is 11.8. The molecule has 3 rings (SSSR count). The van der Waals surface area contributed by atoms with E-state index in [1.54, 1.807) is 11.0 Å². The summed E-state index contributed by atoms with van der Waals surface area (Å²) in [5.41, 5.74) is 1.84. The van der Waals surface area contributed by atoms with Gasteiger partial charge in [0.2, 0.25) is 5.91 Å². The molecule has 2 heterocycles. The van der Waals surface area contributed by atoms with Crippen LogP contribution in [0.3, 0.4) is 0 Å². The van der Waals surface area contributed by atoms with Gasteiger partial charge < -0.3 is 10.2 Å². The lowest BCUT2D eigenvalue weighted by molar-refractivity contribution is -0.121. The minimum atomic E-state index is -0.270. The monoisotopic (exact) mass is 234 g/mol. The van der Waals surface area contributed by atoms with Gasteiger partial charge in [-0.3, -0.25) is 4.79 Å². The molecule has 0 radical (unpaired) electrons. The maximum Gasteiger partial charge on any atom is 0.231 e. The van der Waals surface area contributed by atoms with Crippen molar-refractivity contribution in [3.05, 3.63) is 29.6 Å². The average Bonchev–Trinajstić information content (AvgIpc) is 2.97. The molecule has 1 unspecified atom stereocenters. The number of halogens is 1. The summed E-state index contributed by atoms with van der Waals surface area (Å²) in [7, 11) is 0. The molecule has 1 aromatic rings. The lowest BCUT2D eigenvalue weighted by Crippen LogP contribution is -2.35. The Hall–Kier alpha value is -1.42. The molecule has 1 N–H and O–H groups in total. The topological polar surface area (TPSA) is 32.3 Å². The molecule has 3 nitrogen and oxygen atoms in total. The molecule has 1 atom stereocenters. The van der Waals surface area contributed by atoms with Crippen LogP contribution in [0.25, 0.3) is 0 Å². The molecule has 1 saturated heterocycles. The summed E-state index contributed by atoms with van der Waals surface area (Å²) in [6.45, 7) is 2.34. The van der Waals surface area contributed by atoms with E-state index in [1.807, 2.05) is 0 Å². The molecule has 4 heteroatoms. The van der Waals surface area contributed by atoms with Crippen molar-refractivity contribution in [3.8, 4) is 0 Å². The van der Waals surface area contributed by atoms with Gasteiger partial charge in [0.15, 0.2) is 0 Å². The van der Waals surface area contributed by atoms with Gasteiger partial charge in [0.05, 0.1) is 5.92 Å². The molecule has 0 aliphatic carbocycles. The normalized spacial score (nSPS) is 22.9. The fourth-order valence-corrected chi connectivity index (χ4v) is 2.67. The molecule has 0 bridgehead atoms. The van der Waals surface area contributed by atoms with Crippen LogP contribution < -0.4 is 10.2 Å². The molecule has 0 aromatic heterocycles. The minimum absolute atomic E-state index is 0.0595. The highest BCUT2D eigenvalue weighted by Crippen LogP contribution is 2.30. The van der Waals surface area contributed by atoms with Crippen molar-refractivity contribution in [2.45, 2.75) is 12.8 Å². The number of hydrogen-bond donors (Lipinski definition) is 1. The van der Waals surface area contributed by atoms with Crippen LogP contribution in [-0.2, 0) is 11.2 Å². The van der Waals surface area contributed by atoms with Crippen LogP contribution in [0.4, 0.5) is 10.1 Å². The van der Waals surface area contributed by atoms with Gasteiger partial charge in [0.1, 0.15) is 5.82 Å². The van der Waals surface area contributed by atoms with Gasteiger partial charge in [-0.25, -0.2) is 4.39 Å². The van der Waals surface area contributed by atoms with E-state index in [-0.39, 0.29) is 17.6 Å². The number of carbonyl (C=O) groups is 1. The molecule has 1 fully saturated rings. The zero-order valence-corrected chi connectivity index (χ0v) is 9.58. The average molecular weight is 234 g/mol. The summed E-state index contributed by atoms with van der Waals surface area (Å²) in [6.07, 6.45) is 1.72. The van der Waals surface area contributed by atoms with Crippen LogP contribution >= 0.6 is 0 Å². The predicted octanol–water partition coefficient (Wildman–Crippen LogP) is 1.32. The number of nitrogens with zero attached hydrogens (tertiary/aromatic N) is 1. The van der Waals surface area contributed by atoms with E-state index in [0.29, 0.717) is 6.54 Å². The summed E-state index contributed by atoms with van der Waals surface area (Å²) in [6, 6.07) is 4.72. The first-order valence-electron chi connectivity index (χ1n) is 6.06. The first kappa shape index (κ1) is 10.7. The largest absolute Gasteiger partial charge is 0.316 e. The third-order valence-electron chi connectivity index (χ3n) is 3.62. The molecule has 2 aliphatic heterocycles. The third kappa shape index (κ3) is 1.82. The Morgan fingerprint density at radius 3 is 3.12 bits per heavy atom. The second-order valence-electron chi connectivity index (χ2n) is 4.70. The van der Waals surface area contributed by atoms with Crippen LogP contribution in [0.2, 0.25) is 0 Å². The quantitative estimate of drug-likeness (QED) is 0.795. The lowest BCUT2D eigenvalue weighted by atomic mass is 10.1. The molecular weight excluding hydrogens is 219 g/mol. The maximum absolute atomic E-state index is 13.2. The molecule has 17 heavy (non-hydrogen) atoms. The van der Waals surface area contributed by atoms with Gasteiger partial charge in [-0.05, 0) is 37.1 Å². The molecule has 0 saturated carbocycles.